The van der Waals surface area contributed by atoms with Crippen molar-refractivity contribution in [2.24, 2.45) is 0 Å². The molecule has 0 saturated carbocycles. The molecular weight excluding hydrogens is 271 g/mol. The van der Waals surface area contributed by atoms with Gasteiger partial charge in [0.2, 0.25) is 0 Å². The van der Waals surface area contributed by atoms with Gasteiger partial charge in [0, 0.05) is 0 Å². The number of halogens is 1. The lowest BCUT2D eigenvalue weighted by Crippen LogP contribution is -1.98. The Bertz CT molecular complexity index is 654. The van der Waals surface area contributed by atoms with Crippen LogP contribution in [0.25, 0.3) is 0 Å². The fraction of sp³-hybridized carbons (Fsp3) is 0.176. The van der Waals surface area contributed by atoms with Crippen molar-refractivity contribution in [3.05, 3.63) is 59.4 Å². The third-order valence-corrected chi connectivity index (χ3v) is 2.80. The van der Waals surface area contributed by atoms with E-state index in [-0.39, 0.29) is 6.61 Å². The zero-order chi connectivity index (χ0) is 15.1. The number of methoxy groups -OCH3 is 1. The van der Waals surface area contributed by atoms with Gasteiger partial charge >= 0.3 is 0 Å². The summed E-state index contributed by atoms with van der Waals surface area (Å²) < 4.78 is 24.0. The third kappa shape index (κ3) is 4.23. The van der Waals surface area contributed by atoms with Crippen molar-refractivity contribution in [2.75, 3.05) is 13.7 Å². The molecule has 2 aromatic rings. The van der Waals surface area contributed by atoms with Gasteiger partial charge in [0.1, 0.15) is 30.5 Å². The first-order chi connectivity index (χ1) is 10.2. The van der Waals surface area contributed by atoms with Crippen LogP contribution in [0.1, 0.15) is 11.1 Å². The third-order valence-electron chi connectivity index (χ3n) is 2.80. The Morgan fingerprint density at radius 2 is 1.90 bits per heavy atom. The number of aliphatic hydroxyl groups excluding tert-OH is 1. The van der Waals surface area contributed by atoms with Crippen LogP contribution in [0.4, 0.5) is 4.39 Å². The van der Waals surface area contributed by atoms with E-state index in [9.17, 15) is 4.39 Å². The predicted molar refractivity (Wildman–Crippen MR) is 77.7 cm³/mol. The topological polar surface area (TPSA) is 38.7 Å². The molecule has 0 spiro atoms. The zero-order valence-corrected chi connectivity index (χ0v) is 11.6. The van der Waals surface area contributed by atoms with Gasteiger partial charge < -0.3 is 14.6 Å². The Morgan fingerprint density at radius 3 is 2.57 bits per heavy atom. The minimum atomic E-state index is -0.394. The predicted octanol–water partition coefficient (Wildman–Crippen LogP) is 2.76. The lowest BCUT2D eigenvalue weighted by molar-refractivity contribution is 0.304. The van der Waals surface area contributed by atoms with E-state index in [0.29, 0.717) is 17.9 Å². The second-order valence-corrected chi connectivity index (χ2v) is 4.24. The minimum absolute atomic E-state index is 0.283. The van der Waals surface area contributed by atoms with Crippen molar-refractivity contribution < 1.29 is 19.0 Å². The molecule has 2 rings (SSSR count). The van der Waals surface area contributed by atoms with Gasteiger partial charge in [-0.25, -0.2) is 4.39 Å². The highest BCUT2D eigenvalue weighted by molar-refractivity contribution is 5.46. The van der Waals surface area contributed by atoms with Crippen molar-refractivity contribution in [3.63, 3.8) is 0 Å². The molecule has 0 amide bonds. The van der Waals surface area contributed by atoms with Crippen LogP contribution in [0.3, 0.4) is 0 Å². The van der Waals surface area contributed by atoms with E-state index in [1.165, 1.54) is 18.2 Å². The first kappa shape index (κ1) is 14.9. The highest BCUT2D eigenvalue weighted by Crippen LogP contribution is 2.20. The fourth-order valence-electron chi connectivity index (χ4n) is 1.74. The molecule has 4 heteroatoms. The maximum atomic E-state index is 13.2. The highest BCUT2D eigenvalue weighted by Gasteiger charge is 2.04. The fourth-order valence-corrected chi connectivity index (χ4v) is 1.74. The molecule has 0 unspecified atom stereocenters. The summed E-state index contributed by atoms with van der Waals surface area (Å²) in [5.74, 6) is 6.02. The Labute approximate surface area is 122 Å². The van der Waals surface area contributed by atoms with Gasteiger partial charge in [0.05, 0.1) is 12.7 Å². The minimum Gasteiger partial charge on any atom is -0.497 e. The number of hydrogen-bond acceptors (Lipinski definition) is 3. The summed E-state index contributed by atoms with van der Waals surface area (Å²) in [6.45, 7) is 0.0534. The summed E-state index contributed by atoms with van der Waals surface area (Å²) in [6.07, 6.45) is 0. The molecule has 0 fully saturated rings. The molecule has 108 valence electrons. The Morgan fingerprint density at radius 1 is 1.14 bits per heavy atom. The van der Waals surface area contributed by atoms with Crippen LogP contribution in [0.5, 0.6) is 11.5 Å². The Hall–Kier alpha value is -2.51. The van der Waals surface area contributed by atoms with E-state index in [1.807, 2.05) is 24.3 Å². The second kappa shape index (κ2) is 7.32. The smallest absolute Gasteiger partial charge is 0.135 e. The molecule has 2 aromatic carbocycles. The van der Waals surface area contributed by atoms with Crippen LogP contribution < -0.4 is 9.47 Å². The van der Waals surface area contributed by atoms with Gasteiger partial charge in [-0.05, 0) is 35.9 Å². The molecule has 0 aliphatic carbocycles. The molecule has 0 radical (unpaired) electrons. The zero-order valence-electron chi connectivity index (χ0n) is 11.6. The summed E-state index contributed by atoms with van der Waals surface area (Å²) in [6, 6.07) is 11.6. The molecule has 3 nitrogen and oxygen atoms in total. The lowest BCUT2D eigenvalue weighted by Gasteiger charge is -2.09. The van der Waals surface area contributed by atoms with Crippen molar-refractivity contribution in [2.45, 2.75) is 6.61 Å². The average Bonchev–Trinajstić information content (AvgIpc) is 2.52. The molecule has 0 aliphatic heterocycles. The van der Waals surface area contributed by atoms with Crippen molar-refractivity contribution >= 4 is 0 Å². The largest absolute Gasteiger partial charge is 0.497 e. The lowest BCUT2D eigenvalue weighted by atomic mass is 10.2. The quantitative estimate of drug-likeness (QED) is 0.878. The molecule has 1 N–H and O–H groups in total. The van der Waals surface area contributed by atoms with E-state index in [4.69, 9.17) is 14.6 Å². The van der Waals surface area contributed by atoms with Crippen molar-refractivity contribution in [1.82, 2.24) is 0 Å². The monoisotopic (exact) mass is 286 g/mol. The Balaban J connectivity index is 2.11. The van der Waals surface area contributed by atoms with Gasteiger partial charge in [-0.1, -0.05) is 24.0 Å². The number of aliphatic hydroxyl groups is 1. The number of benzene rings is 2. The number of rotatable bonds is 4. The first-order valence-corrected chi connectivity index (χ1v) is 6.38. The van der Waals surface area contributed by atoms with Crippen molar-refractivity contribution in [3.8, 4) is 23.3 Å². The number of ether oxygens (including phenoxy) is 2. The maximum absolute atomic E-state index is 13.2. The summed E-state index contributed by atoms with van der Waals surface area (Å²) in [4.78, 5) is 0. The van der Waals surface area contributed by atoms with Crippen molar-refractivity contribution in [1.29, 1.82) is 0 Å². The standard InChI is InChI=1S/C17H15FO3/c1-20-16-7-4-13(5-8-16)12-21-17-9-6-15(18)11-14(17)3-2-10-19/h4-9,11,19H,10,12H2,1H3. The van der Waals surface area contributed by atoms with E-state index < -0.39 is 5.82 Å². The van der Waals surface area contributed by atoms with Crippen LogP contribution in [0.15, 0.2) is 42.5 Å². The molecule has 0 aliphatic rings. The van der Waals surface area contributed by atoms with Gasteiger partial charge in [-0.3, -0.25) is 0 Å². The maximum Gasteiger partial charge on any atom is 0.135 e. The molecule has 21 heavy (non-hydrogen) atoms. The van der Waals surface area contributed by atoms with Crippen LogP contribution in [0.2, 0.25) is 0 Å². The normalized spacial score (nSPS) is 9.67. The Kier molecular flexibility index (Phi) is 5.19. The molecular formula is C17H15FO3. The molecule has 0 bridgehead atoms. The van der Waals surface area contributed by atoms with E-state index in [0.717, 1.165) is 11.3 Å². The van der Waals surface area contributed by atoms with Crippen LogP contribution in [-0.4, -0.2) is 18.8 Å². The second-order valence-electron chi connectivity index (χ2n) is 4.24. The summed E-state index contributed by atoms with van der Waals surface area (Å²) in [7, 11) is 1.61. The average molecular weight is 286 g/mol. The highest BCUT2D eigenvalue weighted by atomic mass is 19.1. The van der Waals surface area contributed by atoms with Gasteiger partial charge in [0.25, 0.3) is 0 Å². The van der Waals surface area contributed by atoms with E-state index >= 15 is 0 Å². The first-order valence-electron chi connectivity index (χ1n) is 6.38. The summed E-state index contributed by atoms with van der Waals surface area (Å²) >= 11 is 0. The molecule has 0 atom stereocenters. The number of hydrogen-bond donors (Lipinski definition) is 1. The summed E-state index contributed by atoms with van der Waals surface area (Å²) in [5.41, 5.74) is 1.37. The molecule has 0 aromatic heterocycles. The molecule has 0 saturated heterocycles. The van der Waals surface area contributed by atoms with Gasteiger partial charge in [-0.2, -0.15) is 0 Å². The SMILES string of the molecule is COc1ccc(COc2ccc(F)cc2C#CCO)cc1. The summed E-state index contributed by atoms with van der Waals surface area (Å²) in [5, 5.41) is 8.73. The van der Waals surface area contributed by atoms with Gasteiger partial charge in [-0.15, -0.1) is 0 Å². The van der Waals surface area contributed by atoms with Crippen LogP contribution in [0, 0.1) is 17.7 Å². The van der Waals surface area contributed by atoms with E-state index in [1.54, 1.807) is 7.11 Å². The van der Waals surface area contributed by atoms with Crippen LogP contribution in [-0.2, 0) is 6.61 Å². The molecule has 0 heterocycles. The van der Waals surface area contributed by atoms with Gasteiger partial charge in [0.15, 0.2) is 0 Å². The van der Waals surface area contributed by atoms with E-state index in [2.05, 4.69) is 11.8 Å². The van der Waals surface area contributed by atoms with Crippen LogP contribution >= 0.6 is 0 Å².